The molecular formula is C20H15BrFNO4. The van der Waals surface area contributed by atoms with Crippen molar-refractivity contribution >= 4 is 32.8 Å². The van der Waals surface area contributed by atoms with Crippen LogP contribution in [0.25, 0.3) is 11.0 Å². The van der Waals surface area contributed by atoms with Gasteiger partial charge in [-0.05, 0) is 35.9 Å². The monoisotopic (exact) mass is 431 g/mol. The molecule has 0 aliphatic carbocycles. The summed E-state index contributed by atoms with van der Waals surface area (Å²) in [6.45, 7) is 0.581. The van der Waals surface area contributed by atoms with E-state index in [9.17, 15) is 14.0 Å². The van der Waals surface area contributed by atoms with Crippen LogP contribution in [0.2, 0.25) is 0 Å². The molecule has 1 amide bonds. The van der Waals surface area contributed by atoms with Gasteiger partial charge in [0.25, 0.3) is 5.91 Å². The van der Waals surface area contributed by atoms with E-state index in [0.717, 1.165) is 4.47 Å². The highest BCUT2D eigenvalue weighted by Gasteiger charge is 2.42. The second-order valence-electron chi connectivity index (χ2n) is 6.26. The number of halogens is 2. The third kappa shape index (κ3) is 2.96. The number of fused-ring (bicyclic) bond motifs is 2. The number of nitrogens with zero attached hydrogens (tertiary/aromatic N) is 1. The van der Waals surface area contributed by atoms with Crippen LogP contribution >= 0.6 is 15.9 Å². The molecule has 0 spiro atoms. The van der Waals surface area contributed by atoms with Gasteiger partial charge in [-0.3, -0.25) is 9.59 Å². The van der Waals surface area contributed by atoms with Crippen LogP contribution in [0.1, 0.15) is 27.7 Å². The van der Waals surface area contributed by atoms with Gasteiger partial charge in [0.15, 0.2) is 5.43 Å². The van der Waals surface area contributed by atoms with Crippen molar-refractivity contribution in [1.29, 1.82) is 0 Å². The summed E-state index contributed by atoms with van der Waals surface area (Å²) < 4.78 is 25.0. The number of benzene rings is 2. The molecule has 1 aliphatic rings. The van der Waals surface area contributed by atoms with Crippen molar-refractivity contribution in [3.05, 3.63) is 79.9 Å². The maximum atomic E-state index is 13.4. The maximum absolute atomic E-state index is 13.4. The molecule has 27 heavy (non-hydrogen) atoms. The average molecular weight is 432 g/mol. The van der Waals surface area contributed by atoms with Crippen LogP contribution < -0.4 is 5.43 Å². The molecule has 0 saturated heterocycles. The summed E-state index contributed by atoms with van der Waals surface area (Å²) >= 11 is 3.36. The largest absolute Gasteiger partial charge is 0.450 e. The molecule has 0 bridgehead atoms. The minimum Gasteiger partial charge on any atom is -0.450 e. The smallest absolute Gasteiger partial charge is 0.290 e. The van der Waals surface area contributed by atoms with E-state index in [1.165, 1.54) is 24.1 Å². The summed E-state index contributed by atoms with van der Waals surface area (Å²) in [6, 6.07) is 10.2. The molecule has 0 fully saturated rings. The molecule has 0 saturated carbocycles. The van der Waals surface area contributed by atoms with Crippen molar-refractivity contribution in [3.8, 4) is 0 Å². The molecule has 3 aromatic rings. The summed E-state index contributed by atoms with van der Waals surface area (Å²) in [4.78, 5) is 27.7. The second kappa shape index (κ2) is 6.90. The predicted octanol–water partition coefficient (Wildman–Crippen LogP) is 3.89. The van der Waals surface area contributed by atoms with Crippen molar-refractivity contribution in [2.45, 2.75) is 6.04 Å². The first kappa shape index (κ1) is 17.9. The summed E-state index contributed by atoms with van der Waals surface area (Å²) in [5, 5.41) is 0.386. The SMILES string of the molecule is COCCN1C(=O)c2oc3ccc(Br)cc3c(=O)c2C1c1ccc(F)cc1. The minimum absolute atomic E-state index is 0.0280. The number of hydrogen-bond acceptors (Lipinski definition) is 4. The fourth-order valence-electron chi connectivity index (χ4n) is 3.40. The Morgan fingerprint density at radius 2 is 1.93 bits per heavy atom. The van der Waals surface area contributed by atoms with Crippen molar-refractivity contribution in [1.82, 2.24) is 4.90 Å². The quantitative estimate of drug-likeness (QED) is 0.628. The molecule has 1 aliphatic heterocycles. The zero-order valence-corrected chi connectivity index (χ0v) is 16.0. The number of carbonyl (C=O) groups is 1. The Hall–Kier alpha value is -2.51. The molecule has 0 N–H and O–H groups in total. The number of rotatable bonds is 4. The maximum Gasteiger partial charge on any atom is 0.290 e. The van der Waals surface area contributed by atoms with Crippen LogP contribution in [0.4, 0.5) is 4.39 Å². The second-order valence-corrected chi connectivity index (χ2v) is 7.18. The Kier molecular flexibility index (Phi) is 4.57. The highest BCUT2D eigenvalue weighted by molar-refractivity contribution is 9.10. The van der Waals surface area contributed by atoms with Crippen molar-refractivity contribution in [2.24, 2.45) is 0 Å². The number of ether oxygens (including phenoxy) is 1. The fourth-order valence-corrected chi connectivity index (χ4v) is 3.77. The van der Waals surface area contributed by atoms with E-state index in [4.69, 9.17) is 9.15 Å². The van der Waals surface area contributed by atoms with Gasteiger partial charge in [-0.2, -0.15) is 0 Å². The van der Waals surface area contributed by atoms with Gasteiger partial charge in [0.1, 0.15) is 11.4 Å². The molecule has 1 aromatic heterocycles. The molecule has 2 heterocycles. The Balaban J connectivity index is 1.97. The summed E-state index contributed by atoms with van der Waals surface area (Å²) in [5.74, 6) is -0.736. The topological polar surface area (TPSA) is 59.8 Å². The van der Waals surface area contributed by atoms with Gasteiger partial charge in [0, 0.05) is 18.1 Å². The predicted molar refractivity (Wildman–Crippen MR) is 101 cm³/mol. The third-order valence-electron chi connectivity index (χ3n) is 4.65. The molecule has 138 valence electrons. The summed E-state index contributed by atoms with van der Waals surface area (Å²) in [5.41, 5.74) is 0.992. The fraction of sp³-hybridized carbons (Fsp3) is 0.200. The lowest BCUT2D eigenvalue weighted by Gasteiger charge is -2.24. The summed E-state index contributed by atoms with van der Waals surface area (Å²) in [6.07, 6.45) is 0. The lowest BCUT2D eigenvalue weighted by Crippen LogP contribution is -2.32. The zero-order valence-electron chi connectivity index (χ0n) is 14.4. The molecule has 1 unspecified atom stereocenters. The zero-order chi connectivity index (χ0) is 19.1. The lowest BCUT2D eigenvalue weighted by molar-refractivity contribution is 0.0663. The molecule has 1 atom stereocenters. The minimum atomic E-state index is -0.650. The van der Waals surface area contributed by atoms with E-state index in [2.05, 4.69) is 15.9 Å². The van der Waals surface area contributed by atoms with E-state index in [-0.39, 0.29) is 35.0 Å². The molecule has 7 heteroatoms. The van der Waals surface area contributed by atoms with Crippen LogP contribution in [0, 0.1) is 5.82 Å². The van der Waals surface area contributed by atoms with E-state index in [0.29, 0.717) is 23.1 Å². The van der Waals surface area contributed by atoms with E-state index < -0.39 is 6.04 Å². The normalized spacial score (nSPS) is 16.2. The van der Waals surface area contributed by atoms with Gasteiger partial charge in [-0.15, -0.1) is 0 Å². The summed E-state index contributed by atoms with van der Waals surface area (Å²) in [7, 11) is 1.54. The Bertz CT molecular complexity index is 1090. The van der Waals surface area contributed by atoms with Gasteiger partial charge in [-0.1, -0.05) is 28.1 Å². The first-order valence-corrected chi connectivity index (χ1v) is 9.12. The van der Waals surface area contributed by atoms with E-state index >= 15 is 0 Å². The van der Waals surface area contributed by atoms with Gasteiger partial charge >= 0.3 is 0 Å². The molecular weight excluding hydrogens is 417 g/mol. The van der Waals surface area contributed by atoms with Gasteiger partial charge < -0.3 is 14.1 Å². The molecule has 4 rings (SSSR count). The van der Waals surface area contributed by atoms with Gasteiger partial charge in [0.2, 0.25) is 5.76 Å². The number of hydrogen-bond donors (Lipinski definition) is 0. The van der Waals surface area contributed by atoms with Crippen LogP contribution in [0.3, 0.4) is 0 Å². The molecule has 5 nitrogen and oxygen atoms in total. The van der Waals surface area contributed by atoms with Crippen LogP contribution in [0.15, 0.2) is 56.1 Å². The first-order chi connectivity index (χ1) is 13.0. The van der Waals surface area contributed by atoms with E-state index in [1.807, 2.05) is 0 Å². The Morgan fingerprint density at radius 1 is 1.19 bits per heavy atom. The number of amides is 1. The lowest BCUT2D eigenvalue weighted by atomic mass is 9.98. The Labute approximate surface area is 162 Å². The first-order valence-electron chi connectivity index (χ1n) is 8.33. The van der Waals surface area contributed by atoms with Crippen LogP contribution in [-0.2, 0) is 4.74 Å². The standard InChI is InChI=1S/C20H15BrFNO4/c1-26-9-8-23-17(11-2-5-13(22)6-3-11)16-18(24)14-10-12(21)4-7-15(14)27-19(16)20(23)25/h2-7,10,17H,8-9H2,1H3. The van der Waals surface area contributed by atoms with Gasteiger partial charge in [0.05, 0.1) is 23.6 Å². The molecule has 0 radical (unpaired) electrons. The number of carbonyl (C=O) groups excluding carboxylic acids is 1. The molecule has 2 aromatic carbocycles. The third-order valence-corrected chi connectivity index (χ3v) is 5.14. The van der Waals surface area contributed by atoms with E-state index in [1.54, 1.807) is 30.3 Å². The highest BCUT2D eigenvalue weighted by Crippen LogP contribution is 2.38. The van der Waals surface area contributed by atoms with Gasteiger partial charge in [-0.25, -0.2) is 4.39 Å². The van der Waals surface area contributed by atoms with Crippen LogP contribution in [-0.4, -0.2) is 31.1 Å². The highest BCUT2D eigenvalue weighted by atomic mass is 79.9. The van der Waals surface area contributed by atoms with Crippen LogP contribution in [0.5, 0.6) is 0 Å². The van der Waals surface area contributed by atoms with Crippen molar-refractivity contribution in [3.63, 3.8) is 0 Å². The average Bonchev–Trinajstić information content (AvgIpc) is 2.94. The van der Waals surface area contributed by atoms with Crippen molar-refractivity contribution in [2.75, 3.05) is 20.3 Å². The Morgan fingerprint density at radius 3 is 2.63 bits per heavy atom. The number of methoxy groups -OCH3 is 1. The van der Waals surface area contributed by atoms with Crippen molar-refractivity contribution < 1.29 is 18.3 Å².